The van der Waals surface area contributed by atoms with Crippen molar-refractivity contribution >= 4 is 69.1 Å². The zero-order valence-electron chi connectivity index (χ0n) is 30.3. The summed E-state index contributed by atoms with van der Waals surface area (Å²) >= 11 is 0. The van der Waals surface area contributed by atoms with Crippen LogP contribution in [0.1, 0.15) is 36.1 Å². The summed E-state index contributed by atoms with van der Waals surface area (Å²) in [5.74, 6) is 0. The largest absolute Gasteiger partial charge is 0.241 e. The molecule has 0 fully saturated rings. The molecule has 0 radical (unpaired) electrons. The van der Waals surface area contributed by atoms with Crippen LogP contribution in [0.2, 0.25) is 0 Å². The highest BCUT2D eigenvalue weighted by Gasteiger charge is 2.36. The molecule has 0 nitrogen and oxygen atoms in total. The lowest BCUT2D eigenvalue weighted by Gasteiger charge is -2.24. The van der Waals surface area contributed by atoms with Gasteiger partial charge in [-0.25, -0.2) is 0 Å². The monoisotopic (exact) mass is 674 g/mol. The van der Waals surface area contributed by atoms with Crippen LogP contribution >= 0.6 is 0 Å². The number of fused-ring (bicyclic) bond motifs is 4. The van der Waals surface area contributed by atoms with Gasteiger partial charge in [-0.05, 0) is 44.2 Å². The lowest BCUT2D eigenvalue weighted by Crippen LogP contribution is -2.52. The predicted molar refractivity (Wildman–Crippen MR) is 232 cm³/mol. The van der Waals surface area contributed by atoms with E-state index in [1.54, 1.807) is 0 Å². The van der Waals surface area contributed by atoms with Gasteiger partial charge < -0.3 is 0 Å². The molecule has 2 heteroatoms. The van der Waals surface area contributed by atoms with Crippen LogP contribution in [0.4, 0.5) is 0 Å². The van der Waals surface area contributed by atoms with Gasteiger partial charge in [-0.1, -0.05) is 253 Å². The molecule has 53 heavy (non-hydrogen) atoms. The van der Waals surface area contributed by atoms with Gasteiger partial charge >= 0.3 is 0 Å². The molecule has 1 aliphatic rings. The van der Waals surface area contributed by atoms with Crippen LogP contribution in [0.3, 0.4) is 0 Å². The summed E-state index contributed by atoms with van der Waals surface area (Å²) in [4.78, 5) is 0. The summed E-state index contributed by atoms with van der Waals surface area (Å²) in [6.45, 7) is 5.10. The Labute approximate surface area is 314 Å². The predicted octanol–water partition coefficient (Wildman–Crippen LogP) is 8.35. The van der Waals surface area contributed by atoms with Crippen LogP contribution in [0.25, 0.3) is 34.1 Å². The van der Waals surface area contributed by atoms with Crippen molar-refractivity contribution in [3.8, 4) is 11.1 Å². The van der Waals surface area contributed by atoms with Gasteiger partial charge in [-0.3, -0.25) is 0 Å². The Morgan fingerprint density at radius 1 is 0.377 bits per heavy atom. The molecule has 0 bridgehead atoms. The fourth-order valence-electron chi connectivity index (χ4n) is 8.62. The lowest BCUT2D eigenvalue weighted by molar-refractivity contribution is 0.660. The summed E-state index contributed by atoms with van der Waals surface area (Å²) in [6, 6.07) is 71.4. The van der Waals surface area contributed by atoms with E-state index in [9.17, 15) is 0 Å². The van der Waals surface area contributed by atoms with E-state index in [0.29, 0.717) is 0 Å². The molecular weight excluding hydrogens is 634 g/mol. The normalized spacial score (nSPS) is 12.8. The van der Waals surface area contributed by atoms with Crippen molar-refractivity contribution in [3.63, 3.8) is 0 Å². The van der Waals surface area contributed by atoms with Gasteiger partial charge in [0.25, 0.3) is 0 Å². The van der Waals surface area contributed by atoms with Crippen molar-refractivity contribution in [1.29, 1.82) is 0 Å². The summed E-state index contributed by atoms with van der Waals surface area (Å²) in [7, 11) is 0. The fourth-order valence-corrected chi connectivity index (χ4v) is 8.62. The Balaban J connectivity index is 1.01. The van der Waals surface area contributed by atoms with Crippen molar-refractivity contribution in [2.45, 2.75) is 19.3 Å². The molecule has 250 valence electrons. The van der Waals surface area contributed by atoms with Crippen molar-refractivity contribution in [1.82, 2.24) is 0 Å². The Hall–Kier alpha value is -6.11. The number of rotatable bonds is 8. The van der Waals surface area contributed by atoms with E-state index >= 15 is 0 Å². The molecule has 0 aliphatic heterocycles. The molecule has 0 aromatic heterocycles. The van der Waals surface area contributed by atoms with E-state index in [1.807, 2.05) is 0 Å². The first-order valence-corrected chi connectivity index (χ1v) is 18.7. The molecule has 0 unspecified atom stereocenters. The van der Waals surface area contributed by atoms with E-state index in [4.69, 9.17) is 0 Å². The second kappa shape index (κ2) is 13.8. The highest BCUT2D eigenvalue weighted by atomic mass is 14.4. The van der Waals surface area contributed by atoms with Gasteiger partial charge in [-0.15, -0.1) is 0 Å². The molecule has 8 aromatic rings. The van der Waals surface area contributed by atoms with E-state index in [0.717, 1.165) is 0 Å². The maximum absolute atomic E-state index is 2.47. The van der Waals surface area contributed by atoms with Gasteiger partial charge in [0.2, 0.25) is 13.4 Å². The zero-order chi connectivity index (χ0) is 35.8. The van der Waals surface area contributed by atoms with Gasteiger partial charge in [0.1, 0.15) is 0 Å². The molecular formula is C51H40B2. The second-order valence-corrected chi connectivity index (χ2v) is 14.9. The van der Waals surface area contributed by atoms with Crippen LogP contribution in [0.5, 0.6) is 0 Å². The molecule has 0 heterocycles. The highest BCUT2D eigenvalue weighted by molar-refractivity contribution is 6.97. The Morgan fingerprint density at radius 2 is 0.849 bits per heavy atom. The third-order valence-corrected chi connectivity index (χ3v) is 11.3. The molecule has 0 N–H and O–H groups in total. The summed E-state index contributed by atoms with van der Waals surface area (Å²) in [6.07, 6.45) is 4.51. The van der Waals surface area contributed by atoms with Gasteiger partial charge in [0.05, 0.1) is 0 Å². The van der Waals surface area contributed by atoms with Gasteiger partial charge in [-0.2, -0.15) is 0 Å². The van der Waals surface area contributed by atoms with Crippen molar-refractivity contribution < 1.29 is 0 Å². The maximum atomic E-state index is 2.47. The Morgan fingerprint density at radius 3 is 1.51 bits per heavy atom. The van der Waals surface area contributed by atoms with Crippen LogP contribution in [0.15, 0.2) is 194 Å². The minimum absolute atomic E-state index is 0.113. The highest BCUT2D eigenvalue weighted by Crippen LogP contribution is 2.48. The standard InChI is InChI=1S/C51H40B2/c1-51(2)48-35-38(29-33-46(48)47-34-32-44(36-49(47)51)52(40-17-6-3-7-18-40)41-19-8-4-9-20-41)26-25-37-27-30-43(31-28-37)53(42-21-10-5-11-22-42)50-24-14-16-39-15-12-13-23-45(39)50/h3-36H,1-2H3. The van der Waals surface area contributed by atoms with E-state index in [2.05, 4.69) is 220 Å². The average molecular weight is 675 g/mol. The van der Waals surface area contributed by atoms with Crippen LogP contribution < -0.4 is 32.8 Å². The van der Waals surface area contributed by atoms with E-state index in [1.165, 1.54) is 76.9 Å². The molecule has 1 aliphatic carbocycles. The number of benzene rings is 8. The topological polar surface area (TPSA) is 0 Å². The number of hydrogen-bond donors (Lipinski definition) is 0. The molecule has 0 saturated carbocycles. The maximum Gasteiger partial charge on any atom is 0.241 e. The van der Waals surface area contributed by atoms with Crippen LogP contribution in [-0.2, 0) is 5.41 Å². The molecule has 0 spiro atoms. The minimum atomic E-state index is -0.113. The third-order valence-electron chi connectivity index (χ3n) is 11.3. The van der Waals surface area contributed by atoms with Gasteiger partial charge in [0.15, 0.2) is 0 Å². The molecule has 0 atom stereocenters. The SMILES string of the molecule is CC1(C)c2cc(C=Cc3ccc(B(c4ccccc4)c4cccc5ccccc45)cc3)ccc2-c2ccc(B(c3ccccc3)c3ccccc3)cc21. The summed E-state index contributed by atoms with van der Waals surface area (Å²) in [5.41, 5.74) is 15.7. The molecule has 9 rings (SSSR count). The Bertz CT molecular complexity index is 2520. The first-order valence-electron chi connectivity index (χ1n) is 18.7. The quantitative estimate of drug-likeness (QED) is 0.112. The van der Waals surface area contributed by atoms with E-state index in [-0.39, 0.29) is 18.8 Å². The van der Waals surface area contributed by atoms with Crippen molar-refractivity contribution in [2.75, 3.05) is 0 Å². The number of hydrogen-bond acceptors (Lipinski definition) is 0. The van der Waals surface area contributed by atoms with Crippen molar-refractivity contribution in [2.24, 2.45) is 0 Å². The fraction of sp³-hybridized carbons (Fsp3) is 0.0588. The first kappa shape index (κ1) is 32.8. The van der Waals surface area contributed by atoms with Crippen LogP contribution in [0, 0.1) is 0 Å². The lowest BCUT2D eigenvalue weighted by atomic mass is 9.36. The minimum Gasteiger partial charge on any atom is -0.0687 e. The van der Waals surface area contributed by atoms with Crippen molar-refractivity contribution in [3.05, 3.63) is 216 Å². The zero-order valence-corrected chi connectivity index (χ0v) is 30.3. The van der Waals surface area contributed by atoms with Crippen LogP contribution in [-0.4, -0.2) is 13.4 Å². The second-order valence-electron chi connectivity index (χ2n) is 14.9. The molecule has 8 aromatic carbocycles. The molecule has 0 amide bonds. The average Bonchev–Trinajstić information content (AvgIpc) is 3.44. The first-order chi connectivity index (χ1) is 26.0. The summed E-state index contributed by atoms with van der Waals surface area (Å²) < 4.78 is 0. The van der Waals surface area contributed by atoms with Gasteiger partial charge in [0, 0.05) is 5.41 Å². The smallest absolute Gasteiger partial charge is 0.0687 e. The Kier molecular flexibility index (Phi) is 8.53. The third kappa shape index (κ3) is 6.15. The molecule has 0 saturated heterocycles. The van der Waals surface area contributed by atoms with E-state index < -0.39 is 0 Å². The summed E-state index contributed by atoms with van der Waals surface area (Å²) in [5, 5.41) is 2.58.